The zero-order valence-corrected chi connectivity index (χ0v) is 13.1. The molecule has 7 nitrogen and oxygen atoms in total. The van der Waals surface area contributed by atoms with Gasteiger partial charge in [-0.15, -0.1) is 0 Å². The van der Waals surface area contributed by atoms with Crippen LogP contribution in [-0.4, -0.2) is 25.9 Å². The molecule has 0 saturated carbocycles. The molecule has 0 spiro atoms. The number of carbonyl (C=O) groups is 1. The molecule has 0 aliphatic carbocycles. The largest absolute Gasteiger partial charge is 0.452 e. The van der Waals surface area contributed by atoms with Gasteiger partial charge >= 0.3 is 5.97 Å². The number of hydrogen-bond donors (Lipinski definition) is 0. The van der Waals surface area contributed by atoms with Crippen molar-refractivity contribution in [2.45, 2.75) is 27.4 Å². The second-order valence-corrected chi connectivity index (χ2v) is 5.20. The SMILES string of the molecule is Cc1cc(C)n(-c2ccc(C(=O)OCc3nc(C)no3)cc2)n1. The van der Waals surface area contributed by atoms with Crippen LogP contribution in [0.5, 0.6) is 0 Å². The van der Waals surface area contributed by atoms with E-state index in [9.17, 15) is 4.79 Å². The van der Waals surface area contributed by atoms with Crippen LogP contribution in [0.25, 0.3) is 5.69 Å². The topological polar surface area (TPSA) is 83.0 Å². The van der Waals surface area contributed by atoms with Crippen molar-refractivity contribution in [1.82, 2.24) is 19.9 Å². The predicted molar refractivity (Wildman–Crippen MR) is 81.2 cm³/mol. The molecule has 0 bridgehead atoms. The van der Waals surface area contributed by atoms with Crippen molar-refractivity contribution < 1.29 is 14.1 Å². The number of aryl methyl sites for hydroxylation is 3. The summed E-state index contributed by atoms with van der Waals surface area (Å²) in [6.45, 7) is 5.58. The highest BCUT2D eigenvalue weighted by molar-refractivity contribution is 5.89. The van der Waals surface area contributed by atoms with E-state index >= 15 is 0 Å². The average molecular weight is 312 g/mol. The highest BCUT2D eigenvalue weighted by atomic mass is 16.6. The van der Waals surface area contributed by atoms with Crippen molar-refractivity contribution in [3.63, 3.8) is 0 Å². The van der Waals surface area contributed by atoms with Crippen molar-refractivity contribution >= 4 is 5.97 Å². The Balaban J connectivity index is 1.69. The van der Waals surface area contributed by atoms with Crippen molar-refractivity contribution in [3.8, 4) is 5.69 Å². The Morgan fingerprint density at radius 3 is 2.52 bits per heavy atom. The minimum absolute atomic E-state index is 0.0428. The van der Waals surface area contributed by atoms with E-state index in [0.717, 1.165) is 17.1 Å². The summed E-state index contributed by atoms with van der Waals surface area (Å²) < 4.78 is 11.9. The number of ether oxygens (including phenoxy) is 1. The van der Waals surface area contributed by atoms with Gasteiger partial charge in [0.2, 0.25) is 0 Å². The van der Waals surface area contributed by atoms with Gasteiger partial charge in [0.25, 0.3) is 5.89 Å². The summed E-state index contributed by atoms with van der Waals surface area (Å²) in [5.41, 5.74) is 3.32. The van der Waals surface area contributed by atoms with Crippen LogP contribution >= 0.6 is 0 Å². The van der Waals surface area contributed by atoms with E-state index in [4.69, 9.17) is 9.26 Å². The first-order valence-corrected chi connectivity index (χ1v) is 7.13. The molecule has 0 radical (unpaired) electrons. The molecule has 2 heterocycles. The van der Waals surface area contributed by atoms with E-state index < -0.39 is 5.97 Å². The van der Waals surface area contributed by atoms with Crippen LogP contribution < -0.4 is 0 Å². The Bertz CT molecular complexity index is 833. The third kappa shape index (κ3) is 3.28. The van der Waals surface area contributed by atoms with Gasteiger partial charge in [0.1, 0.15) is 0 Å². The summed E-state index contributed by atoms with van der Waals surface area (Å²) in [6, 6.07) is 9.05. The average Bonchev–Trinajstić information content (AvgIpc) is 3.10. The fourth-order valence-electron chi connectivity index (χ4n) is 2.24. The molecule has 1 aromatic carbocycles. The fraction of sp³-hybridized carbons (Fsp3) is 0.250. The van der Waals surface area contributed by atoms with E-state index in [-0.39, 0.29) is 12.5 Å². The Labute approximate surface area is 132 Å². The maximum Gasteiger partial charge on any atom is 0.338 e. The third-order valence-corrected chi connectivity index (χ3v) is 3.25. The summed E-state index contributed by atoms with van der Waals surface area (Å²) in [5, 5.41) is 8.04. The van der Waals surface area contributed by atoms with Crippen LogP contribution in [0.3, 0.4) is 0 Å². The molecule has 3 rings (SSSR count). The van der Waals surface area contributed by atoms with Crippen LogP contribution in [0, 0.1) is 20.8 Å². The lowest BCUT2D eigenvalue weighted by Crippen LogP contribution is -2.06. The lowest BCUT2D eigenvalue weighted by atomic mass is 10.2. The Morgan fingerprint density at radius 2 is 1.96 bits per heavy atom. The summed E-state index contributed by atoms with van der Waals surface area (Å²) in [7, 11) is 0. The highest BCUT2D eigenvalue weighted by Crippen LogP contribution is 2.14. The van der Waals surface area contributed by atoms with Crippen molar-refractivity contribution in [2.75, 3.05) is 0 Å². The van der Waals surface area contributed by atoms with Crippen LogP contribution in [-0.2, 0) is 11.3 Å². The van der Waals surface area contributed by atoms with Crippen LogP contribution in [0.1, 0.15) is 33.5 Å². The Kier molecular flexibility index (Phi) is 3.92. The van der Waals surface area contributed by atoms with E-state index in [1.807, 2.05) is 36.7 Å². The molecule has 2 aromatic heterocycles. The standard InChI is InChI=1S/C16H16N4O3/c1-10-8-11(2)20(18-10)14-6-4-13(5-7-14)16(21)22-9-15-17-12(3)19-23-15/h4-8H,9H2,1-3H3. The van der Waals surface area contributed by atoms with Gasteiger partial charge in [-0.25, -0.2) is 9.48 Å². The smallest absolute Gasteiger partial charge is 0.338 e. The first kappa shape index (κ1) is 15.0. The first-order valence-electron chi connectivity index (χ1n) is 7.13. The fourth-order valence-corrected chi connectivity index (χ4v) is 2.24. The van der Waals surface area contributed by atoms with Gasteiger partial charge in [-0.3, -0.25) is 0 Å². The Morgan fingerprint density at radius 1 is 1.22 bits per heavy atom. The summed E-state index contributed by atoms with van der Waals surface area (Å²) in [5.74, 6) is 0.334. The number of hydrogen-bond acceptors (Lipinski definition) is 6. The minimum Gasteiger partial charge on any atom is -0.452 e. The van der Waals surface area contributed by atoms with Crippen LogP contribution in [0.4, 0.5) is 0 Å². The molecule has 118 valence electrons. The molecular weight excluding hydrogens is 296 g/mol. The zero-order chi connectivity index (χ0) is 16.4. The molecule has 7 heteroatoms. The molecule has 0 amide bonds. The van der Waals surface area contributed by atoms with Gasteiger partial charge in [0.15, 0.2) is 12.4 Å². The summed E-state index contributed by atoms with van der Waals surface area (Å²) in [4.78, 5) is 16.0. The van der Waals surface area contributed by atoms with Crippen LogP contribution in [0.2, 0.25) is 0 Å². The number of carbonyl (C=O) groups excluding carboxylic acids is 1. The lowest BCUT2D eigenvalue weighted by molar-refractivity contribution is 0.0430. The first-order chi connectivity index (χ1) is 11.0. The number of esters is 1. The normalized spacial score (nSPS) is 10.7. The molecule has 0 aliphatic heterocycles. The maximum atomic E-state index is 12.0. The molecular formula is C16H16N4O3. The molecule has 0 saturated heterocycles. The second kappa shape index (κ2) is 6.04. The van der Waals surface area contributed by atoms with Gasteiger partial charge in [-0.2, -0.15) is 10.1 Å². The molecule has 0 atom stereocenters. The number of benzene rings is 1. The Hall–Kier alpha value is -2.96. The monoisotopic (exact) mass is 312 g/mol. The van der Waals surface area contributed by atoms with Crippen LogP contribution in [0.15, 0.2) is 34.9 Å². The van der Waals surface area contributed by atoms with Gasteiger partial charge in [0, 0.05) is 5.69 Å². The third-order valence-electron chi connectivity index (χ3n) is 3.25. The van der Waals surface area contributed by atoms with Crippen molar-refractivity contribution in [2.24, 2.45) is 0 Å². The van der Waals surface area contributed by atoms with E-state index in [1.54, 1.807) is 19.1 Å². The van der Waals surface area contributed by atoms with Gasteiger partial charge < -0.3 is 9.26 Å². The van der Waals surface area contributed by atoms with E-state index in [0.29, 0.717) is 11.4 Å². The second-order valence-electron chi connectivity index (χ2n) is 5.20. The van der Waals surface area contributed by atoms with E-state index in [1.165, 1.54) is 0 Å². The molecule has 0 aliphatic rings. The molecule has 3 aromatic rings. The van der Waals surface area contributed by atoms with Crippen molar-refractivity contribution in [3.05, 3.63) is 59.0 Å². The molecule has 0 fully saturated rings. The van der Waals surface area contributed by atoms with Gasteiger partial charge in [-0.05, 0) is 51.1 Å². The maximum absolute atomic E-state index is 12.0. The highest BCUT2D eigenvalue weighted by Gasteiger charge is 2.11. The molecule has 0 unspecified atom stereocenters. The molecule has 23 heavy (non-hydrogen) atoms. The predicted octanol–water partition coefficient (Wildman–Crippen LogP) is 2.54. The number of rotatable bonds is 4. The lowest BCUT2D eigenvalue weighted by Gasteiger charge is -2.06. The van der Waals surface area contributed by atoms with E-state index in [2.05, 4.69) is 15.2 Å². The quantitative estimate of drug-likeness (QED) is 0.688. The van der Waals surface area contributed by atoms with Gasteiger partial charge in [-0.1, -0.05) is 5.16 Å². The zero-order valence-electron chi connectivity index (χ0n) is 13.1. The number of aromatic nitrogens is 4. The van der Waals surface area contributed by atoms with Gasteiger partial charge in [0.05, 0.1) is 16.9 Å². The number of nitrogens with zero attached hydrogens (tertiary/aromatic N) is 4. The van der Waals surface area contributed by atoms with Crippen molar-refractivity contribution in [1.29, 1.82) is 0 Å². The summed E-state index contributed by atoms with van der Waals surface area (Å²) in [6.07, 6.45) is 0. The summed E-state index contributed by atoms with van der Waals surface area (Å²) >= 11 is 0. The minimum atomic E-state index is -0.444. The molecule has 0 N–H and O–H groups in total.